The lowest BCUT2D eigenvalue weighted by Gasteiger charge is -2.25. The zero-order chi connectivity index (χ0) is 23.1. The van der Waals surface area contributed by atoms with Gasteiger partial charge in [0.1, 0.15) is 5.82 Å². The minimum Gasteiger partial charge on any atom is -0.379 e. The first-order valence-electron chi connectivity index (χ1n) is 12.3. The third-order valence-corrected chi connectivity index (χ3v) is 8.98. The van der Waals surface area contributed by atoms with E-state index in [-0.39, 0.29) is 16.7 Å². The Bertz CT molecular complexity index is 1240. The molecule has 7 nitrogen and oxygen atoms in total. The maximum atomic E-state index is 6.26. The van der Waals surface area contributed by atoms with Crippen molar-refractivity contribution in [2.24, 2.45) is 10.1 Å². The lowest BCUT2D eigenvalue weighted by molar-refractivity contribution is 0.194. The van der Waals surface area contributed by atoms with Gasteiger partial charge in [0.15, 0.2) is 0 Å². The van der Waals surface area contributed by atoms with Gasteiger partial charge < -0.3 is 20.3 Å². The van der Waals surface area contributed by atoms with Crippen LogP contribution in [0.1, 0.15) is 24.0 Å². The summed E-state index contributed by atoms with van der Waals surface area (Å²) in [4.78, 5) is 16.2. The maximum absolute atomic E-state index is 6.26. The zero-order valence-corrected chi connectivity index (χ0v) is 20.5. The monoisotopic (exact) mass is 476 g/mol. The summed E-state index contributed by atoms with van der Waals surface area (Å²) in [6.07, 6.45) is 2.03. The smallest absolute Gasteiger partial charge is 0.228 e. The average Bonchev–Trinajstić information content (AvgIpc) is 3.48. The molecule has 1 aromatic heterocycles. The molecule has 0 aliphatic carbocycles. The van der Waals surface area contributed by atoms with Crippen LogP contribution in [-0.4, -0.2) is 60.7 Å². The average molecular weight is 477 g/mol. The normalized spacial score (nSPS) is 25.2. The molecule has 34 heavy (non-hydrogen) atoms. The number of rotatable bonds is 3. The number of aryl methyl sites for hydroxylation is 1. The lowest BCUT2D eigenvalue weighted by Crippen LogP contribution is -2.30. The first-order valence-corrected chi connectivity index (χ1v) is 13.6. The minimum absolute atomic E-state index is 0.143. The molecule has 0 amide bonds. The summed E-state index contributed by atoms with van der Waals surface area (Å²) in [7, 11) is -0.143. The molecule has 2 fully saturated rings. The number of benzene rings is 2. The van der Waals surface area contributed by atoms with E-state index in [0.29, 0.717) is 6.04 Å². The second-order valence-corrected chi connectivity index (χ2v) is 11.4. The van der Waals surface area contributed by atoms with Gasteiger partial charge in [-0.25, -0.2) is 4.98 Å². The number of nitrogens with zero attached hydrogens (tertiary/aromatic N) is 5. The van der Waals surface area contributed by atoms with Crippen molar-refractivity contribution in [3.8, 4) is 0 Å². The van der Waals surface area contributed by atoms with Crippen LogP contribution in [0, 0.1) is 6.92 Å². The van der Waals surface area contributed by atoms with Crippen molar-refractivity contribution in [3.63, 3.8) is 0 Å². The summed E-state index contributed by atoms with van der Waals surface area (Å²) < 4.78 is 10.8. The second kappa shape index (κ2) is 9.24. The van der Waals surface area contributed by atoms with Crippen molar-refractivity contribution in [1.29, 1.82) is 0 Å². The van der Waals surface area contributed by atoms with E-state index in [4.69, 9.17) is 24.8 Å². The molecule has 3 aromatic rings. The summed E-state index contributed by atoms with van der Waals surface area (Å²) in [5.41, 5.74) is 9.80. The molecule has 0 bridgehead atoms. The van der Waals surface area contributed by atoms with Crippen molar-refractivity contribution in [2.45, 2.75) is 43.3 Å². The summed E-state index contributed by atoms with van der Waals surface area (Å²) in [6, 6.07) is 15.7. The summed E-state index contributed by atoms with van der Waals surface area (Å²) in [5.74, 6) is 2.80. The van der Waals surface area contributed by atoms with Crippen LogP contribution in [0.25, 0.3) is 10.9 Å². The van der Waals surface area contributed by atoms with Crippen LogP contribution >= 0.6 is 0 Å². The van der Waals surface area contributed by atoms with Crippen LogP contribution in [0.3, 0.4) is 0 Å². The Morgan fingerprint density at radius 2 is 2.00 bits per heavy atom. The van der Waals surface area contributed by atoms with E-state index < -0.39 is 0 Å². The predicted octanol–water partition coefficient (Wildman–Crippen LogP) is 3.45. The van der Waals surface area contributed by atoms with Gasteiger partial charge in [-0.3, -0.25) is 4.36 Å². The van der Waals surface area contributed by atoms with Gasteiger partial charge in [0, 0.05) is 54.9 Å². The van der Waals surface area contributed by atoms with E-state index in [1.807, 2.05) is 0 Å². The van der Waals surface area contributed by atoms with Crippen molar-refractivity contribution in [2.75, 3.05) is 48.4 Å². The van der Waals surface area contributed by atoms with Crippen LogP contribution in [0.2, 0.25) is 0 Å². The van der Waals surface area contributed by atoms with E-state index in [9.17, 15) is 0 Å². The van der Waals surface area contributed by atoms with E-state index in [2.05, 4.69) is 59.2 Å². The van der Waals surface area contributed by atoms with Gasteiger partial charge >= 0.3 is 0 Å². The molecule has 3 aliphatic heterocycles. The fraction of sp³-hybridized carbons (Fsp3) is 0.462. The molecular formula is C26H32N6OS. The molecule has 2 unspecified atom stereocenters. The van der Waals surface area contributed by atoms with Crippen molar-refractivity contribution < 1.29 is 4.74 Å². The highest BCUT2D eigenvalue weighted by Gasteiger charge is 2.26. The summed E-state index contributed by atoms with van der Waals surface area (Å²) >= 11 is 0. The zero-order valence-electron chi connectivity index (χ0n) is 19.7. The Hall–Kier alpha value is -2.55. The number of ether oxygens (including phenoxy) is 1. The fourth-order valence-corrected chi connectivity index (χ4v) is 7.13. The van der Waals surface area contributed by atoms with Gasteiger partial charge in [-0.05, 0) is 43.5 Å². The van der Waals surface area contributed by atoms with Crippen LogP contribution in [0.5, 0.6) is 0 Å². The van der Waals surface area contributed by atoms with E-state index in [0.717, 1.165) is 80.7 Å². The molecule has 2 saturated heterocycles. The number of nitrogens with two attached hydrogens (primary N) is 1. The molecule has 178 valence electrons. The second-order valence-electron chi connectivity index (χ2n) is 9.58. The third kappa shape index (κ3) is 4.30. The highest BCUT2D eigenvalue weighted by atomic mass is 32.2. The number of fused-ring (bicyclic) bond motifs is 2. The fourth-order valence-electron chi connectivity index (χ4n) is 5.10. The molecule has 0 spiro atoms. The number of aromatic nitrogens is 2. The van der Waals surface area contributed by atoms with Crippen molar-refractivity contribution in [3.05, 3.63) is 53.6 Å². The Labute approximate surface area is 203 Å². The van der Waals surface area contributed by atoms with Crippen molar-refractivity contribution in [1.82, 2.24) is 9.97 Å². The molecule has 2 N–H and O–H groups in total. The lowest BCUT2D eigenvalue weighted by atomic mass is 10.1. The minimum atomic E-state index is -0.143. The standard InChI is InChI=1S/C26H32N6OS/c1-18-6-7-23-22(14-18)25(31-10-8-20(27)16-31)29-26(28-23)32-11-13-34(30-21-9-12-33-17-21)24-5-3-2-4-19(24)15-32/h2-7,14,20-21H,8-13,15-17,27H2,1H3/t20-,21?,34?/m0/s1. The summed E-state index contributed by atoms with van der Waals surface area (Å²) in [6.45, 7) is 7.16. The van der Waals surface area contributed by atoms with Crippen LogP contribution in [-0.2, 0) is 22.0 Å². The molecule has 6 rings (SSSR count). The number of hydrogen-bond acceptors (Lipinski definition) is 7. The molecule has 2 aromatic carbocycles. The largest absolute Gasteiger partial charge is 0.379 e. The topological polar surface area (TPSA) is 79.9 Å². The van der Waals surface area contributed by atoms with E-state index in [1.54, 1.807) is 0 Å². The van der Waals surface area contributed by atoms with E-state index in [1.165, 1.54) is 16.0 Å². The van der Waals surface area contributed by atoms with Gasteiger partial charge in [-0.2, -0.15) is 4.98 Å². The van der Waals surface area contributed by atoms with Gasteiger partial charge in [-0.15, -0.1) is 0 Å². The molecule has 0 saturated carbocycles. The first-order chi connectivity index (χ1) is 16.6. The maximum Gasteiger partial charge on any atom is 0.228 e. The van der Waals surface area contributed by atoms with Gasteiger partial charge in [0.05, 0.1) is 18.2 Å². The highest BCUT2D eigenvalue weighted by molar-refractivity contribution is 7.87. The third-order valence-electron chi connectivity index (χ3n) is 6.95. The molecular weight excluding hydrogens is 444 g/mol. The summed E-state index contributed by atoms with van der Waals surface area (Å²) in [5, 5.41) is 1.11. The number of anilines is 2. The Kier molecular flexibility index (Phi) is 5.97. The van der Waals surface area contributed by atoms with Crippen molar-refractivity contribution >= 4 is 33.4 Å². The number of hydrogen-bond donors (Lipinski definition) is 1. The Morgan fingerprint density at radius 1 is 1.09 bits per heavy atom. The molecule has 4 heterocycles. The highest BCUT2D eigenvalue weighted by Crippen LogP contribution is 2.32. The van der Waals surface area contributed by atoms with Gasteiger partial charge in [0.2, 0.25) is 5.95 Å². The van der Waals surface area contributed by atoms with Gasteiger partial charge in [0.25, 0.3) is 0 Å². The first kappa shape index (κ1) is 21.9. The Balaban J connectivity index is 1.40. The predicted molar refractivity (Wildman–Crippen MR) is 139 cm³/mol. The molecule has 8 heteroatoms. The Morgan fingerprint density at radius 3 is 2.82 bits per heavy atom. The quantitative estimate of drug-likeness (QED) is 0.624. The SMILES string of the molecule is Cc1ccc2nc(N3CCS(=NC4CCOC4)c4ccccc4C3)nc(N3CC[C@H](N)C3)c2c1. The van der Waals surface area contributed by atoms with Crippen LogP contribution in [0.15, 0.2) is 51.7 Å². The molecule has 0 radical (unpaired) electrons. The van der Waals surface area contributed by atoms with E-state index >= 15 is 0 Å². The molecule has 3 atom stereocenters. The van der Waals surface area contributed by atoms with Gasteiger partial charge in [-0.1, -0.05) is 40.5 Å². The molecule has 3 aliphatic rings. The van der Waals surface area contributed by atoms with Crippen LogP contribution in [0.4, 0.5) is 11.8 Å². The van der Waals surface area contributed by atoms with Crippen LogP contribution < -0.4 is 15.5 Å².